The highest BCUT2D eigenvalue weighted by Crippen LogP contribution is 2.33. The molecule has 0 aromatic carbocycles. The quantitative estimate of drug-likeness (QED) is 0.794. The predicted octanol–water partition coefficient (Wildman–Crippen LogP) is 1.42. The Labute approximate surface area is 91.3 Å². The number of nitrogens with two attached hydrogens (primary N) is 1. The van der Waals surface area contributed by atoms with Gasteiger partial charge in [0.25, 0.3) is 0 Å². The van der Waals surface area contributed by atoms with Crippen LogP contribution in [0.25, 0.3) is 0 Å². The Bertz CT molecular complexity index is 299. The van der Waals surface area contributed by atoms with Crippen LogP contribution in [-0.4, -0.2) is 30.0 Å². The van der Waals surface area contributed by atoms with Gasteiger partial charge in [0.1, 0.15) is 0 Å². The number of likely N-dealkylation sites (tertiary alicyclic amines) is 1. The highest BCUT2D eigenvalue weighted by atomic mass is 15.1. The van der Waals surface area contributed by atoms with Crippen LogP contribution in [0.2, 0.25) is 0 Å². The van der Waals surface area contributed by atoms with Gasteiger partial charge in [0.05, 0.1) is 0 Å². The topological polar surface area (TPSA) is 42.1 Å². The zero-order chi connectivity index (χ0) is 10.7. The van der Waals surface area contributed by atoms with Gasteiger partial charge < -0.3 is 5.73 Å². The molecule has 1 fully saturated rings. The lowest BCUT2D eigenvalue weighted by molar-refractivity contribution is 0.125. The maximum atomic E-state index is 5.85. The summed E-state index contributed by atoms with van der Waals surface area (Å²) in [5.41, 5.74) is 7.20. The van der Waals surface area contributed by atoms with Gasteiger partial charge in [0, 0.05) is 18.4 Å². The number of piperidine rings is 1. The van der Waals surface area contributed by atoms with Crippen LogP contribution in [-0.2, 0) is 0 Å². The van der Waals surface area contributed by atoms with Crippen LogP contribution >= 0.6 is 0 Å². The Morgan fingerprint density at radius 3 is 2.87 bits per heavy atom. The summed E-state index contributed by atoms with van der Waals surface area (Å²) >= 11 is 0. The fourth-order valence-corrected chi connectivity index (χ4v) is 2.59. The van der Waals surface area contributed by atoms with Crippen LogP contribution < -0.4 is 5.73 Å². The number of rotatable bonds is 2. The first kappa shape index (κ1) is 10.6. The van der Waals surface area contributed by atoms with E-state index in [4.69, 9.17) is 5.73 Å². The van der Waals surface area contributed by atoms with E-state index < -0.39 is 0 Å². The van der Waals surface area contributed by atoms with Gasteiger partial charge in [0.2, 0.25) is 0 Å². The van der Waals surface area contributed by atoms with Crippen LogP contribution in [0.5, 0.6) is 0 Å². The third-order valence-electron chi connectivity index (χ3n) is 3.36. The van der Waals surface area contributed by atoms with E-state index in [1.54, 1.807) is 0 Å². The molecule has 2 N–H and O–H groups in total. The second kappa shape index (κ2) is 4.73. The molecule has 0 radical (unpaired) electrons. The summed E-state index contributed by atoms with van der Waals surface area (Å²) in [6.45, 7) is 1.95. The van der Waals surface area contributed by atoms with Crippen molar-refractivity contribution in [3.63, 3.8) is 0 Å². The number of hydrogen-bond acceptors (Lipinski definition) is 3. The Hall–Kier alpha value is -0.930. The van der Waals surface area contributed by atoms with Gasteiger partial charge in [-0.1, -0.05) is 0 Å². The SMILES string of the molecule is CN1CCCC(CN)C1c1ccncc1. The Morgan fingerprint density at radius 2 is 2.20 bits per heavy atom. The molecule has 1 aliphatic heterocycles. The maximum Gasteiger partial charge on any atom is 0.0386 e. The average molecular weight is 205 g/mol. The molecular formula is C12H19N3. The number of aromatic nitrogens is 1. The van der Waals surface area contributed by atoms with Crippen molar-refractivity contribution in [2.24, 2.45) is 11.7 Å². The third kappa shape index (κ3) is 2.19. The van der Waals surface area contributed by atoms with E-state index >= 15 is 0 Å². The van der Waals surface area contributed by atoms with E-state index in [1.807, 2.05) is 12.4 Å². The fraction of sp³-hybridized carbons (Fsp3) is 0.583. The van der Waals surface area contributed by atoms with Crippen LogP contribution in [0.4, 0.5) is 0 Å². The van der Waals surface area contributed by atoms with E-state index in [0.29, 0.717) is 12.0 Å². The highest BCUT2D eigenvalue weighted by molar-refractivity contribution is 5.17. The fourth-order valence-electron chi connectivity index (χ4n) is 2.59. The normalized spacial score (nSPS) is 27.9. The lowest BCUT2D eigenvalue weighted by atomic mass is 9.85. The molecule has 2 rings (SSSR count). The zero-order valence-electron chi connectivity index (χ0n) is 9.26. The molecule has 0 spiro atoms. The Balaban J connectivity index is 2.23. The molecule has 1 saturated heterocycles. The monoisotopic (exact) mass is 205 g/mol. The van der Waals surface area contributed by atoms with Gasteiger partial charge in [-0.15, -0.1) is 0 Å². The highest BCUT2D eigenvalue weighted by Gasteiger charge is 2.29. The predicted molar refractivity (Wildman–Crippen MR) is 61.4 cm³/mol. The van der Waals surface area contributed by atoms with Gasteiger partial charge in [0.15, 0.2) is 0 Å². The smallest absolute Gasteiger partial charge is 0.0386 e. The van der Waals surface area contributed by atoms with Gasteiger partial charge >= 0.3 is 0 Å². The van der Waals surface area contributed by atoms with E-state index in [1.165, 1.54) is 24.9 Å². The second-order valence-electron chi connectivity index (χ2n) is 4.34. The molecule has 15 heavy (non-hydrogen) atoms. The van der Waals surface area contributed by atoms with Crippen molar-refractivity contribution in [2.45, 2.75) is 18.9 Å². The maximum absolute atomic E-state index is 5.85. The molecule has 1 aromatic rings. The molecule has 0 bridgehead atoms. The first-order chi connectivity index (χ1) is 7.33. The second-order valence-corrected chi connectivity index (χ2v) is 4.34. The van der Waals surface area contributed by atoms with Gasteiger partial charge in [-0.3, -0.25) is 9.88 Å². The molecule has 0 saturated carbocycles. The summed E-state index contributed by atoms with van der Waals surface area (Å²) in [7, 11) is 2.19. The van der Waals surface area contributed by atoms with E-state index in [-0.39, 0.29) is 0 Å². The third-order valence-corrected chi connectivity index (χ3v) is 3.36. The zero-order valence-corrected chi connectivity index (χ0v) is 9.26. The molecule has 0 amide bonds. The molecule has 2 heterocycles. The van der Waals surface area contributed by atoms with Crippen LogP contribution in [0.3, 0.4) is 0 Å². The minimum atomic E-state index is 0.478. The van der Waals surface area contributed by atoms with Crippen molar-refractivity contribution in [1.29, 1.82) is 0 Å². The van der Waals surface area contributed by atoms with Crippen LogP contribution in [0.15, 0.2) is 24.5 Å². The summed E-state index contributed by atoms with van der Waals surface area (Å²) in [5, 5.41) is 0. The van der Waals surface area contributed by atoms with Crippen molar-refractivity contribution < 1.29 is 0 Å². The van der Waals surface area contributed by atoms with Gasteiger partial charge in [-0.25, -0.2) is 0 Å². The number of nitrogens with zero attached hydrogens (tertiary/aromatic N) is 2. The Morgan fingerprint density at radius 1 is 1.47 bits per heavy atom. The number of pyridine rings is 1. The molecule has 2 unspecified atom stereocenters. The number of hydrogen-bond donors (Lipinski definition) is 1. The lowest BCUT2D eigenvalue weighted by Crippen LogP contribution is -2.39. The van der Waals surface area contributed by atoms with Crippen molar-refractivity contribution in [3.05, 3.63) is 30.1 Å². The summed E-state index contributed by atoms with van der Waals surface area (Å²) in [6, 6.07) is 4.69. The molecule has 1 aromatic heterocycles. The first-order valence-corrected chi connectivity index (χ1v) is 5.63. The molecule has 3 nitrogen and oxygen atoms in total. The summed E-state index contributed by atoms with van der Waals surface area (Å²) in [6.07, 6.45) is 6.24. The van der Waals surface area contributed by atoms with Crippen molar-refractivity contribution in [1.82, 2.24) is 9.88 Å². The molecule has 0 aliphatic carbocycles. The van der Waals surface area contributed by atoms with Gasteiger partial charge in [-0.05, 0) is 56.6 Å². The largest absolute Gasteiger partial charge is 0.330 e. The van der Waals surface area contributed by atoms with E-state index in [0.717, 1.165) is 6.54 Å². The summed E-state index contributed by atoms with van der Waals surface area (Å²) in [4.78, 5) is 6.48. The molecule has 3 heteroatoms. The summed E-state index contributed by atoms with van der Waals surface area (Å²) < 4.78 is 0. The Kier molecular flexibility index (Phi) is 3.34. The van der Waals surface area contributed by atoms with Gasteiger partial charge in [-0.2, -0.15) is 0 Å². The van der Waals surface area contributed by atoms with Crippen molar-refractivity contribution >= 4 is 0 Å². The van der Waals surface area contributed by atoms with Crippen LogP contribution in [0, 0.1) is 5.92 Å². The lowest BCUT2D eigenvalue weighted by Gasteiger charge is -2.39. The van der Waals surface area contributed by atoms with Crippen molar-refractivity contribution in [3.8, 4) is 0 Å². The van der Waals surface area contributed by atoms with Crippen LogP contribution in [0.1, 0.15) is 24.4 Å². The minimum Gasteiger partial charge on any atom is -0.330 e. The molecule has 2 atom stereocenters. The average Bonchev–Trinajstić information content (AvgIpc) is 2.29. The molecular weight excluding hydrogens is 186 g/mol. The van der Waals surface area contributed by atoms with E-state index in [2.05, 4.69) is 29.1 Å². The molecule has 82 valence electrons. The molecule has 1 aliphatic rings. The minimum absolute atomic E-state index is 0.478. The summed E-state index contributed by atoms with van der Waals surface area (Å²) in [5.74, 6) is 0.589. The first-order valence-electron chi connectivity index (χ1n) is 5.63. The standard InChI is InChI=1S/C12H19N3/c1-15-8-2-3-11(9-13)12(15)10-4-6-14-7-5-10/h4-7,11-12H,2-3,8-9,13H2,1H3. The van der Waals surface area contributed by atoms with E-state index in [9.17, 15) is 0 Å². The van der Waals surface area contributed by atoms with Crippen molar-refractivity contribution in [2.75, 3.05) is 20.1 Å².